The standard InChI is InChI=1S/C7H8ClN3O4S2/c8-4-1-5-7(2-6(4)16(9,12)13)17(14,15)11-3-10-5/h1-2,10-11H,3H2,(H2,9,12,13)/i3+1D2,9+1,11+1. The molecule has 1 aromatic rings. The van der Waals surface area contributed by atoms with E-state index in [9.17, 15) is 16.8 Å². The first-order valence-electron chi connectivity index (χ1n) is 5.11. The van der Waals surface area contributed by atoms with Crippen LogP contribution >= 0.6 is 11.6 Å². The Hall–Kier alpha value is -0.870. The van der Waals surface area contributed by atoms with Crippen LogP contribution in [0, 0.1) is 0 Å². The Morgan fingerprint density at radius 2 is 2.12 bits per heavy atom. The van der Waals surface area contributed by atoms with Crippen molar-refractivity contribution in [3.8, 4) is 0 Å². The summed E-state index contributed by atoms with van der Waals surface area (Å²) in [5, 5.41) is 6.84. The summed E-state index contributed by atoms with van der Waals surface area (Å²) >= 11 is 5.70. The molecule has 17 heavy (non-hydrogen) atoms. The van der Waals surface area contributed by atoms with Crippen molar-refractivity contribution in [3.63, 3.8) is 0 Å². The van der Waals surface area contributed by atoms with E-state index in [1.165, 1.54) is 0 Å². The van der Waals surface area contributed by atoms with Crippen molar-refractivity contribution in [2.45, 2.75) is 9.79 Å². The molecule has 0 fully saturated rings. The van der Waals surface area contributed by atoms with Gasteiger partial charge in [0, 0.05) is 0 Å². The van der Waals surface area contributed by atoms with E-state index in [1.54, 1.807) is 4.72 Å². The van der Waals surface area contributed by atoms with Gasteiger partial charge in [0.1, 0.15) is 9.79 Å². The average Bonchev–Trinajstić information content (AvgIpc) is 2.10. The Morgan fingerprint density at radius 1 is 1.47 bits per heavy atom. The number of primary sulfonamides is 1. The van der Waals surface area contributed by atoms with Gasteiger partial charge in [-0.2, -0.15) is 4.72 Å². The van der Waals surface area contributed by atoms with E-state index in [4.69, 9.17) is 19.5 Å². The molecular weight excluding hydrogens is 293 g/mol. The fraction of sp³-hybridized carbons (Fsp3) is 0.143. The normalized spacial score (nSPS) is 22.9. The van der Waals surface area contributed by atoms with Crippen LogP contribution in [0.5, 0.6) is 0 Å². The van der Waals surface area contributed by atoms with Crippen LogP contribution in [0.2, 0.25) is 5.02 Å². The summed E-state index contributed by atoms with van der Waals surface area (Å²) in [7, 11) is -8.41. The van der Waals surface area contributed by atoms with Crippen LogP contribution in [0.25, 0.3) is 0 Å². The van der Waals surface area contributed by atoms with Crippen molar-refractivity contribution in [2.75, 3.05) is 11.9 Å². The molecule has 7 nitrogen and oxygen atoms in total. The lowest BCUT2D eigenvalue weighted by atomic mass is 10.3. The van der Waals surface area contributed by atoms with Gasteiger partial charge >= 0.3 is 0 Å². The molecule has 0 aromatic heterocycles. The Bertz CT molecular complexity index is 763. The molecule has 1 heterocycles. The number of anilines is 1. The lowest BCUT2D eigenvalue weighted by Crippen LogP contribution is -2.34. The zero-order valence-corrected chi connectivity index (χ0v) is 10.4. The highest BCUT2D eigenvalue weighted by atomic mass is 35.5. The summed E-state index contributed by atoms with van der Waals surface area (Å²) in [6.45, 7) is -2.40. The van der Waals surface area contributed by atoms with Crippen molar-refractivity contribution in [1.29, 1.82) is 0 Å². The molecule has 0 bridgehead atoms. The van der Waals surface area contributed by atoms with E-state index in [2.05, 4.69) is 5.32 Å². The fourth-order valence-electron chi connectivity index (χ4n) is 1.29. The molecule has 0 radical (unpaired) electrons. The van der Waals surface area contributed by atoms with Crippen LogP contribution in [0.15, 0.2) is 21.9 Å². The molecule has 0 amide bonds. The van der Waals surface area contributed by atoms with Crippen molar-refractivity contribution >= 4 is 37.3 Å². The van der Waals surface area contributed by atoms with Gasteiger partial charge in [-0.1, -0.05) is 11.6 Å². The number of fused-ring (bicyclic) bond motifs is 1. The maximum atomic E-state index is 11.8. The molecular formula is C7H8ClN3O4S2. The molecule has 0 atom stereocenters. The zero-order chi connectivity index (χ0) is 14.6. The number of halogens is 1. The molecule has 94 valence electrons. The Morgan fingerprint density at radius 3 is 2.71 bits per heavy atom. The van der Waals surface area contributed by atoms with Gasteiger partial charge in [0.25, 0.3) is 0 Å². The van der Waals surface area contributed by atoms with Gasteiger partial charge in [-0.05, 0) is 12.1 Å². The summed E-state index contributed by atoms with van der Waals surface area (Å²) in [6.07, 6.45) is 0. The minimum absolute atomic E-state index is 0.152. The Kier molecular flexibility index (Phi) is 2.27. The van der Waals surface area contributed by atoms with Crippen LogP contribution in [-0.2, 0) is 20.0 Å². The monoisotopic (exact) mass is 302 g/mol. The van der Waals surface area contributed by atoms with Crippen molar-refractivity contribution in [2.24, 2.45) is 5.14 Å². The van der Waals surface area contributed by atoms with Gasteiger partial charge < -0.3 is 5.32 Å². The van der Waals surface area contributed by atoms with E-state index in [1.807, 2.05) is 0 Å². The van der Waals surface area contributed by atoms with E-state index < -0.39 is 36.5 Å². The smallest absolute Gasteiger partial charge is 0.244 e. The number of nitrogens with two attached hydrogens (primary N) is 1. The second kappa shape index (κ2) is 3.82. The van der Waals surface area contributed by atoms with Crippen molar-refractivity contribution in [1.82, 2.24) is 4.72 Å². The summed E-state index contributed by atoms with van der Waals surface area (Å²) < 4.78 is 62.5. The first-order chi connectivity index (χ1) is 8.42. The number of benzene rings is 1. The van der Waals surface area contributed by atoms with E-state index in [-0.39, 0.29) is 10.7 Å². The van der Waals surface area contributed by atoms with Crippen LogP contribution in [-0.4, -0.2) is 23.5 Å². The molecule has 0 saturated heterocycles. The van der Waals surface area contributed by atoms with Crippen molar-refractivity contribution in [3.05, 3.63) is 17.2 Å². The Balaban J connectivity index is 2.78. The molecule has 4 N–H and O–H groups in total. The average molecular weight is 303 g/mol. The molecule has 0 unspecified atom stereocenters. The fourth-order valence-corrected chi connectivity index (χ4v) is 3.43. The number of rotatable bonds is 1. The maximum Gasteiger partial charge on any atom is 0.244 e. The van der Waals surface area contributed by atoms with Gasteiger partial charge in [0.05, 0.1) is 20.1 Å². The highest BCUT2D eigenvalue weighted by Crippen LogP contribution is 2.32. The van der Waals surface area contributed by atoms with E-state index in [0.717, 1.165) is 12.1 Å². The highest BCUT2D eigenvalue weighted by Gasteiger charge is 2.26. The van der Waals surface area contributed by atoms with Gasteiger partial charge in [-0.25, -0.2) is 22.0 Å². The summed E-state index contributed by atoms with van der Waals surface area (Å²) in [5.41, 5.74) is -0.152. The lowest BCUT2D eigenvalue weighted by molar-refractivity contribution is 0.581. The van der Waals surface area contributed by atoms with Crippen LogP contribution in [0.1, 0.15) is 2.74 Å². The Labute approximate surface area is 106 Å². The first kappa shape index (κ1) is 10.1. The molecule has 1 aliphatic rings. The minimum Gasteiger partial charge on any atom is -0.370 e. The predicted octanol–water partition coefficient (Wildman–Crippen LogP) is -0.351. The highest BCUT2D eigenvalue weighted by molar-refractivity contribution is 7.90. The number of hydrogen-bond acceptors (Lipinski definition) is 5. The topological polar surface area (TPSA) is 118 Å². The van der Waals surface area contributed by atoms with Gasteiger partial charge in [0.15, 0.2) is 0 Å². The second-order valence-corrected chi connectivity index (χ2v) is 6.77. The molecule has 1 aliphatic heterocycles. The number of nitrogens with one attached hydrogen (secondary N) is 2. The molecule has 0 saturated carbocycles. The molecule has 1 aromatic carbocycles. The molecule has 0 spiro atoms. The van der Waals surface area contributed by atoms with E-state index in [0.29, 0.717) is 0 Å². The molecule has 2 rings (SSSR count). The van der Waals surface area contributed by atoms with Gasteiger partial charge in [-0.3, -0.25) is 0 Å². The van der Waals surface area contributed by atoms with E-state index >= 15 is 0 Å². The summed E-state index contributed by atoms with van der Waals surface area (Å²) in [6, 6.07) is 1.77. The van der Waals surface area contributed by atoms with Crippen LogP contribution < -0.4 is 15.2 Å². The SMILES string of the molecule is [2H][13C]1([2H])Nc2cc(Cl)c(S([15NH2])(=O)=O)cc2S(=O)(=O)[15NH]1. The minimum atomic E-state index is -4.22. The molecule has 10 heteroatoms. The maximum absolute atomic E-state index is 11.8. The number of hydrogen-bond donors (Lipinski definition) is 3. The zero-order valence-electron chi connectivity index (χ0n) is 10.1. The van der Waals surface area contributed by atoms with Crippen LogP contribution in [0.4, 0.5) is 5.69 Å². The summed E-state index contributed by atoms with van der Waals surface area (Å²) in [5.74, 6) is 0. The largest absolute Gasteiger partial charge is 0.370 e. The van der Waals surface area contributed by atoms with Crippen molar-refractivity contribution < 1.29 is 19.6 Å². The van der Waals surface area contributed by atoms with Crippen LogP contribution in [0.3, 0.4) is 0 Å². The summed E-state index contributed by atoms with van der Waals surface area (Å²) in [4.78, 5) is -1.00. The van der Waals surface area contributed by atoms with Gasteiger partial charge in [0.2, 0.25) is 20.0 Å². The first-order valence-corrected chi connectivity index (χ1v) is 7.52. The predicted molar refractivity (Wildman–Crippen MR) is 61.6 cm³/mol. The third-order valence-corrected chi connectivity index (χ3v) is 4.68. The quantitative estimate of drug-likeness (QED) is 0.484. The third kappa shape index (κ3) is 2.24. The second-order valence-electron chi connectivity index (χ2n) is 3.18. The van der Waals surface area contributed by atoms with Gasteiger partial charge in [-0.15, -0.1) is 0 Å². The third-order valence-electron chi connectivity index (χ3n) is 2.01. The number of sulfonamides is 2. The lowest BCUT2D eigenvalue weighted by Gasteiger charge is -2.20. The molecule has 0 aliphatic carbocycles.